The Balaban J connectivity index is 2.00. The normalized spacial score (nSPS) is 24.2. The smallest absolute Gasteiger partial charge is 0.256 e. The molecule has 1 fully saturated rings. The van der Waals surface area contributed by atoms with Crippen LogP contribution in [0.4, 0.5) is 5.69 Å². The zero-order valence-corrected chi connectivity index (χ0v) is 14.4. The molecule has 0 spiro atoms. The Morgan fingerprint density at radius 1 is 1.35 bits per heavy atom. The number of aromatic nitrogens is 1. The first kappa shape index (κ1) is 17.7. The maximum Gasteiger partial charge on any atom is 0.256 e. The van der Waals surface area contributed by atoms with Crippen LogP contribution in [0.15, 0.2) is 18.3 Å². The average molecular weight is 320 g/mol. The van der Waals surface area contributed by atoms with Gasteiger partial charge in [0.2, 0.25) is 5.88 Å². The Labute approximate surface area is 138 Å². The van der Waals surface area contributed by atoms with E-state index in [1.54, 1.807) is 12.3 Å². The van der Waals surface area contributed by atoms with Crippen molar-refractivity contribution in [2.24, 2.45) is 5.92 Å². The number of hydrogen-bond acceptors (Lipinski definition) is 4. The highest BCUT2D eigenvalue weighted by atomic mass is 16.5. The summed E-state index contributed by atoms with van der Waals surface area (Å²) in [4.78, 5) is 17.0. The highest BCUT2D eigenvalue weighted by Gasteiger charge is 2.41. The van der Waals surface area contributed by atoms with Crippen LogP contribution in [0.5, 0.6) is 5.88 Å². The average Bonchev–Trinajstić information content (AvgIpc) is 2.56. The summed E-state index contributed by atoms with van der Waals surface area (Å²) in [5, 5.41) is 2.95. The monoisotopic (exact) mass is 320 g/mol. The van der Waals surface area contributed by atoms with Gasteiger partial charge in [0.15, 0.2) is 0 Å². The number of hydrogen-bond donors (Lipinski definition) is 1. The fourth-order valence-corrected chi connectivity index (χ4v) is 2.93. The van der Waals surface area contributed by atoms with E-state index in [2.05, 4.69) is 17.2 Å². The minimum absolute atomic E-state index is 0.0599. The lowest BCUT2D eigenvalue weighted by Crippen LogP contribution is -2.48. The number of nitrogens with one attached hydrogen (secondary N) is 1. The van der Waals surface area contributed by atoms with Gasteiger partial charge in [-0.05, 0) is 51.0 Å². The lowest BCUT2D eigenvalue weighted by atomic mass is 9.78. The number of anilines is 1. The molecule has 2 rings (SSSR count). The summed E-state index contributed by atoms with van der Waals surface area (Å²) >= 11 is 0. The third kappa shape index (κ3) is 4.67. The number of carbonyl (C=O) groups is 1. The standard InChI is InChI=1S/C18H28N2O3/c1-4-12-22-16-7-6-15(13-19-16)20-17(21)18(23-5-2)10-8-14(3)9-11-18/h6-7,13-14H,4-5,8-12H2,1-3H3,(H,20,21). The predicted molar refractivity (Wildman–Crippen MR) is 90.6 cm³/mol. The van der Waals surface area contributed by atoms with E-state index in [0.29, 0.717) is 30.7 Å². The van der Waals surface area contributed by atoms with Crippen molar-refractivity contribution in [2.45, 2.75) is 58.5 Å². The van der Waals surface area contributed by atoms with E-state index in [0.717, 1.165) is 32.1 Å². The molecule has 0 bridgehead atoms. The topological polar surface area (TPSA) is 60.5 Å². The molecule has 0 saturated heterocycles. The molecular weight excluding hydrogens is 292 g/mol. The summed E-state index contributed by atoms with van der Waals surface area (Å²) in [6.45, 7) is 7.40. The third-order valence-electron chi connectivity index (χ3n) is 4.36. The van der Waals surface area contributed by atoms with Crippen LogP contribution in [0.2, 0.25) is 0 Å². The summed E-state index contributed by atoms with van der Waals surface area (Å²) in [6.07, 6.45) is 6.17. The Kier molecular flexibility index (Phi) is 6.39. The minimum Gasteiger partial charge on any atom is -0.478 e. The SMILES string of the molecule is CCCOc1ccc(NC(=O)C2(OCC)CCC(C)CC2)cn1. The zero-order valence-electron chi connectivity index (χ0n) is 14.4. The Morgan fingerprint density at radius 3 is 2.65 bits per heavy atom. The van der Waals surface area contributed by atoms with Gasteiger partial charge in [-0.1, -0.05) is 13.8 Å². The molecule has 1 aromatic heterocycles. The maximum atomic E-state index is 12.7. The molecular formula is C18H28N2O3. The van der Waals surface area contributed by atoms with Gasteiger partial charge in [-0.25, -0.2) is 4.98 Å². The number of carbonyl (C=O) groups excluding carboxylic acids is 1. The molecule has 0 atom stereocenters. The van der Waals surface area contributed by atoms with Crippen LogP contribution < -0.4 is 10.1 Å². The van der Waals surface area contributed by atoms with Gasteiger partial charge in [-0.2, -0.15) is 0 Å². The second kappa shape index (κ2) is 8.29. The molecule has 128 valence electrons. The summed E-state index contributed by atoms with van der Waals surface area (Å²) < 4.78 is 11.3. The first-order valence-electron chi connectivity index (χ1n) is 8.64. The van der Waals surface area contributed by atoms with E-state index in [1.807, 2.05) is 19.9 Å². The number of rotatable bonds is 7. The van der Waals surface area contributed by atoms with Crippen molar-refractivity contribution >= 4 is 11.6 Å². The summed E-state index contributed by atoms with van der Waals surface area (Å²) in [5.41, 5.74) is -0.0184. The second-order valence-corrected chi connectivity index (χ2v) is 6.30. The summed E-state index contributed by atoms with van der Waals surface area (Å²) in [6, 6.07) is 3.60. The second-order valence-electron chi connectivity index (χ2n) is 6.30. The Bertz CT molecular complexity index is 493. The number of nitrogens with zero attached hydrogens (tertiary/aromatic N) is 1. The van der Waals surface area contributed by atoms with Crippen LogP contribution in [0.25, 0.3) is 0 Å². The van der Waals surface area contributed by atoms with Gasteiger partial charge in [0, 0.05) is 12.7 Å². The lowest BCUT2D eigenvalue weighted by molar-refractivity contribution is -0.146. The first-order valence-corrected chi connectivity index (χ1v) is 8.64. The van der Waals surface area contributed by atoms with Crippen molar-refractivity contribution in [3.63, 3.8) is 0 Å². The van der Waals surface area contributed by atoms with E-state index in [9.17, 15) is 4.79 Å². The van der Waals surface area contributed by atoms with Crippen LogP contribution in [0.3, 0.4) is 0 Å². The fraction of sp³-hybridized carbons (Fsp3) is 0.667. The first-order chi connectivity index (χ1) is 11.1. The quantitative estimate of drug-likeness (QED) is 0.830. The van der Waals surface area contributed by atoms with Gasteiger partial charge in [0.05, 0.1) is 18.5 Å². The number of ether oxygens (including phenoxy) is 2. The van der Waals surface area contributed by atoms with E-state index in [1.165, 1.54) is 0 Å². The lowest BCUT2D eigenvalue weighted by Gasteiger charge is -2.37. The van der Waals surface area contributed by atoms with E-state index >= 15 is 0 Å². The molecule has 1 aromatic rings. The van der Waals surface area contributed by atoms with Crippen LogP contribution in [0, 0.1) is 5.92 Å². The largest absolute Gasteiger partial charge is 0.478 e. The summed E-state index contributed by atoms with van der Waals surface area (Å²) in [7, 11) is 0. The molecule has 1 N–H and O–H groups in total. The molecule has 1 heterocycles. The molecule has 1 amide bonds. The van der Waals surface area contributed by atoms with Gasteiger partial charge in [-0.3, -0.25) is 4.79 Å². The van der Waals surface area contributed by atoms with Gasteiger partial charge < -0.3 is 14.8 Å². The number of amides is 1. The highest BCUT2D eigenvalue weighted by molar-refractivity contribution is 5.97. The minimum atomic E-state index is -0.696. The third-order valence-corrected chi connectivity index (χ3v) is 4.36. The van der Waals surface area contributed by atoms with Gasteiger partial charge in [0.25, 0.3) is 5.91 Å². The zero-order chi connectivity index (χ0) is 16.7. The van der Waals surface area contributed by atoms with E-state index in [-0.39, 0.29) is 5.91 Å². The highest BCUT2D eigenvalue weighted by Crippen LogP contribution is 2.35. The van der Waals surface area contributed by atoms with Crippen LogP contribution in [0.1, 0.15) is 52.9 Å². The molecule has 0 unspecified atom stereocenters. The molecule has 23 heavy (non-hydrogen) atoms. The molecule has 1 saturated carbocycles. The molecule has 1 aliphatic carbocycles. The molecule has 5 nitrogen and oxygen atoms in total. The fourth-order valence-electron chi connectivity index (χ4n) is 2.93. The number of pyridine rings is 1. The summed E-state index contributed by atoms with van der Waals surface area (Å²) in [5.74, 6) is 1.18. The van der Waals surface area contributed by atoms with Crippen molar-refractivity contribution in [1.82, 2.24) is 4.98 Å². The van der Waals surface area contributed by atoms with Gasteiger partial charge >= 0.3 is 0 Å². The molecule has 0 aromatic carbocycles. The van der Waals surface area contributed by atoms with Crippen molar-refractivity contribution in [1.29, 1.82) is 0 Å². The van der Waals surface area contributed by atoms with E-state index < -0.39 is 5.60 Å². The van der Waals surface area contributed by atoms with Crippen molar-refractivity contribution < 1.29 is 14.3 Å². The van der Waals surface area contributed by atoms with Gasteiger partial charge in [-0.15, -0.1) is 0 Å². The van der Waals surface area contributed by atoms with Crippen LogP contribution in [-0.4, -0.2) is 29.7 Å². The maximum absolute atomic E-state index is 12.7. The molecule has 5 heteroatoms. The van der Waals surface area contributed by atoms with Crippen LogP contribution >= 0.6 is 0 Å². The molecule has 0 aliphatic heterocycles. The Morgan fingerprint density at radius 2 is 2.09 bits per heavy atom. The van der Waals surface area contributed by atoms with Crippen molar-refractivity contribution in [2.75, 3.05) is 18.5 Å². The van der Waals surface area contributed by atoms with Crippen molar-refractivity contribution in [3.05, 3.63) is 18.3 Å². The molecule has 1 aliphatic rings. The van der Waals surface area contributed by atoms with E-state index in [4.69, 9.17) is 9.47 Å². The van der Waals surface area contributed by atoms with Crippen molar-refractivity contribution in [3.8, 4) is 5.88 Å². The van der Waals surface area contributed by atoms with Gasteiger partial charge in [0.1, 0.15) is 5.60 Å². The molecule has 0 radical (unpaired) electrons. The van der Waals surface area contributed by atoms with Crippen LogP contribution in [-0.2, 0) is 9.53 Å². The Hall–Kier alpha value is -1.62. The predicted octanol–water partition coefficient (Wildman–Crippen LogP) is 3.79.